The van der Waals surface area contributed by atoms with Gasteiger partial charge in [-0.2, -0.15) is 0 Å². The third kappa shape index (κ3) is 4.12. The second-order valence-electron chi connectivity index (χ2n) is 5.72. The number of phenols is 1. The summed E-state index contributed by atoms with van der Waals surface area (Å²) < 4.78 is 5.29. The Bertz CT molecular complexity index is 457. The molecule has 5 heteroatoms. The molecule has 2 N–H and O–H groups in total. The molecule has 1 fully saturated rings. The Balaban J connectivity index is 2.25. The van der Waals surface area contributed by atoms with Gasteiger partial charge in [-0.05, 0) is 30.8 Å². The van der Waals surface area contributed by atoms with E-state index in [9.17, 15) is 5.11 Å². The number of hydrogen-bond donors (Lipinski definition) is 2. The Morgan fingerprint density at radius 2 is 1.95 bits per heavy atom. The lowest BCUT2D eigenvalue weighted by molar-refractivity contribution is 0.129. The number of hydrogen-bond acceptors (Lipinski definition) is 5. The van der Waals surface area contributed by atoms with Gasteiger partial charge in [-0.25, -0.2) is 0 Å². The van der Waals surface area contributed by atoms with Crippen LogP contribution in [0.5, 0.6) is 11.5 Å². The van der Waals surface area contributed by atoms with E-state index in [1.54, 1.807) is 13.2 Å². The molecule has 0 saturated carbocycles. The number of nitrogens with one attached hydrogen (secondary N) is 1. The molecule has 1 aromatic carbocycles. The number of rotatable bonds is 7. The standard InChI is InChI=1S/C17H29N3O2/c1-4-19(5-2)13-15(20-10-8-18-9-11-20)14-6-7-16(21)17(12-14)22-3/h6-7,12,15,18,21H,4-5,8-11,13H2,1-3H3. The number of methoxy groups -OCH3 is 1. The molecule has 0 bridgehead atoms. The van der Waals surface area contributed by atoms with Crippen molar-refractivity contribution in [1.29, 1.82) is 0 Å². The Kier molecular flexibility index (Phi) is 6.49. The number of piperazine rings is 1. The number of likely N-dealkylation sites (N-methyl/N-ethyl adjacent to an activating group) is 1. The average Bonchev–Trinajstić information content (AvgIpc) is 2.57. The second-order valence-corrected chi connectivity index (χ2v) is 5.72. The first-order valence-corrected chi connectivity index (χ1v) is 8.23. The molecule has 2 rings (SSSR count). The van der Waals surface area contributed by atoms with Gasteiger partial charge in [0.25, 0.3) is 0 Å². The summed E-state index contributed by atoms with van der Waals surface area (Å²) >= 11 is 0. The summed E-state index contributed by atoms with van der Waals surface area (Å²) in [6.07, 6.45) is 0. The Morgan fingerprint density at radius 1 is 1.27 bits per heavy atom. The maximum absolute atomic E-state index is 9.84. The molecule has 1 unspecified atom stereocenters. The largest absolute Gasteiger partial charge is 0.504 e. The molecule has 0 spiro atoms. The smallest absolute Gasteiger partial charge is 0.160 e. The van der Waals surface area contributed by atoms with Crippen LogP contribution in [0, 0.1) is 0 Å². The lowest BCUT2D eigenvalue weighted by Gasteiger charge is -2.38. The zero-order chi connectivity index (χ0) is 15.9. The minimum absolute atomic E-state index is 0.202. The van der Waals surface area contributed by atoms with Gasteiger partial charge in [0.15, 0.2) is 11.5 Å². The van der Waals surface area contributed by atoms with Crippen molar-refractivity contribution in [3.05, 3.63) is 23.8 Å². The van der Waals surface area contributed by atoms with Crippen molar-refractivity contribution in [3.8, 4) is 11.5 Å². The molecular weight excluding hydrogens is 278 g/mol. The molecule has 1 aliphatic heterocycles. The summed E-state index contributed by atoms with van der Waals surface area (Å²) in [7, 11) is 1.60. The SMILES string of the molecule is CCN(CC)CC(c1ccc(O)c(OC)c1)N1CCNCC1. The van der Waals surface area contributed by atoms with Gasteiger partial charge in [-0.15, -0.1) is 0 Å². The second kappa shape index (κ2) is 8.36. The summed E-state index contributed by atoms with van der Waals surface area (Å²) in [6, 6.07) is 6.07. The van der Waals surface area contributed by atoms with Crippen molar-refractivity contribution in [2.24, 2.45) is 0 Å². The van der Waals surface area contributed by atoms with Crippen LogP contribution in [-0.2, 0) is 0 Å². The summed E-state index contributed by atoms with van der Waals surface area (Å²) in [6.45, 7) is 11.7. The normalized spacial score (nSPS) is 17.6. The number of nitrogens with zero attached hydrogens (tertiary/aromatic N) is 2. The maximum atomic E-state index is 9.84. The van der Waals surface area contributed by atoms with Crippen LogP contribution >= 0.6 is 0 Å². The molecule has 0 aromatic heterocycles. The van der Waals surface area contributed by atoms with E-state index < -0.39 is 0 Å². The van der Waals surface area contributed by atoms with Crippen LogP contribution in [0.15, 0.2) is 18.2 Å². The Hall–Kier alpha value is -1.30. The molecule has 1 heterocycles. The molecule has 5 nitrogen and oxygen atoms in total. The van der Waals surface area contributed by atoms with Gasteiger partial charge in [0, 0.05) is 38.8 Å². The summed E-state index contributed by atoms with van der Waals surface area (Å²) in [5, 5.41) is 13.3. The fraction of sp³-hybridized carbons (Fsp3) is 0.647. The number of phenolic OH excluding ortho intramolecular Hbond substituents is 1. The van der Waals surface area contributed by atoms with E-state index >= 15 is 0 Å². The maximum Gasteiger partial charge on any atom is 0.160 e. The molecule has 0 aliphatic carbocycles. The highest BCUT2D eigenvalue weighted by molar-refractivity contribution is 5.42. The van der Waals surface area contributed by atoms with E-state index in [1.165, 1.54) is 5.56 Å². The monoisotopic (exact) mass is 307 g/mol. The molecule has 124 valence electrons. The van der Waals surface area contributed by atoms with Gasteiger partial charge >= 0.3 is 0 Å². The number of aromatic hydroxyl groups is 1. The van der Waals surface area contributed by atoms with Crippen molar-refractivity contribution in [1.82, 2.24) is 15.1 Å². The molecule has 1 aromatic rings. The average molecular weight is 307 g/mol. The molecule has 1 saturated heterocycles. The van der Waals surface area contributed by atoms with Crippen LogP contribution in [0.3, 0.4) is 0 Å². The number of ether oxygens (including phenoxy) is 1. The van der Waals surface area contributed by atoms with Crippen LogP contribution < -0.4 is 10.1 Å². The van der Waals surface area contributed by atoms with Gasteiger partial charge in [-0.3, -0.25) is 4.90 Å². The molecule has 1 atom stereocenters. The predicted molar refractivity (Wildman–Crippen MR) is 89.6 cm³/mol. The fourth-order valence-electron chi connectivity index (χ4n) is 3.05. The third-order valence-corrected chi connectivity index (χ3v) is 4.51. The van der Waals surface area contributed by atoms with Crippen molar-refractivity contribution < 1.29 is 9.84 Å². The van der Waals surface area contributed by atoms with Gasteiger partial charge < -0.3 is 20.1 Å². The van der Waals surface area contributed by atoms with Crippen molar-refractivity contribution >= 4 is 0 Å². The lowest BCUT2D eigenvalue weighted by Crippen LogP contribution is -2.48. The van der Waals surface area contributed by atoms with Crippen LogP contribution in [0.4, 0.5) is 0 Å². The van der Waals surface area contributed by atoms with Gasteiger partial charge in [-0.1, -0.05) is 19.9 Å². The van der Waals surface area contributed by atoms with E-state index in [0.29, 0.717) is 11.8 Å². The lowest BCUT2D eigenvalue weighted by atomic mass is 10.0. The van der Waals surface area contributed by atoms with Crippen molar-refractivity contribution in [2.75, 3.05) is 52.9 Å². The first-order valence-electron chi connectivity index (χ1n) is 8.23. The van der Waals surface area contributed by atoms with Gasteiger partial charge in [0.2, 0.25) is 0 Å². The highest BCUT2D eigenvalue weighted by Crippen LogP contribution is 2.31. The van der Waals surface area contributed by atoms with E-state index in [2.05, 4.69) is 29.0 Å². The van der Waals surface area contributed by atoms with E-state index in [0.717, 1.165) is 45.8 Å². The predicted octanol–water partition coefficient (Wildman–Crippen LogP) is 1.69. The topological polar surface area (TPSA) is 48.0 Å². The van der Waals surface area contributed by atoms with E-state index in [-0.39, 0.29) is 5.75 Å². The van der Waals surface area contributed by atoms with Crippen LogP contribution in [0.2, 0.25) is 0 Å². The first kappa shape index (κ1) is 17.1. The zero-order valence-electron chi connectivity index (χ0n) is 14.0. The first-order chi connectivity index (χ1) is 10.7. The van der Waals surface area contributed by atoms with E-state index in [1.807, 2.05) is 12.1 Å². The Labute approximate surface area is 133 Å². The molecule has 0 amide bonds. The molecular formula is C17H29N3O2. The van der Waals surface area contributed by atoms with Gasteiger partial charge in [0.1, 0.15) is 0 Å². The van der Waals surface area contributed by atoms with Crippen LogP contribution in [-0.4, -0.2) is 67.8 Å². The van der Waals surface area contributed by atoms with Crippen LogP contribution in [0.1, 0.15) is 25.5 Å². The quantitative estimate of drug-likeness (QED) is 0.803. The zero-order valence-corrected chi connectivity index (χ0v) is 14.0. The fourth-order valence-corrected chi connectivity index (χ4v) is 3.05. The van der Waals surface area contributed by atoms with E-state index in [4.69, 9.17) is 4.74 Å². The summed E-state index contributed by atoms with van der Waals surface area (Å²) in [5.41, 5.74) is 1.21. The minimum atomic E-state index is 0.202. The van der Waals surface area contributed by atoms with Crippen molar-refractivity contribution in [2.45, 2.75) is 19.9 Å². The molecule has 22 heavy (non-hydrogen) atoms. The summed E-state index contributed by atoms with van der Waals surface area (Å²) in [5.74, 6) is 0.755. The van der Waals surface area contributed by atoms with Gasteiger partial charge in [0.05, 0.1) is 7.11 Å². The molecule has 1 aliphatic rings. The summed E-state index contributed by atoms with van der Waals surface area (Å²) in [4.78, 5) is 4.98. The van der Waals surface area contributed by atoms with Crippen molar-refractivity contribution in [3.63, 3.8) is 0 Å². The highest BCUT2D eigenvalue weighted by Gasteiger charge is 2.24. The Morgan fingerprint density at radius 3 is 2.55 bits per heavy atom. The molecule has 0 radical (unpaired) electrons. The highest BCUT2D eigenvalue weighted by atomic mass is 16.5. The minimum Gasteiger partial charge on any atom is -0.504 e. The number of benzene rings is 1. The van der Waals surface area contributed by atoms with Crippen LogP contribution in [0.25, 0.3) is 0 Å². The third-order valence-electron chi connectivity index (χ3n) is 4.51.